The monoisotopic (exact) mass is 410 g/mol. The fraction of sp³-hybridized carbons (Fsp3) is 0.161. The van der Waals surface area contributed by atoms with E-state index < -0.39 is 0 Å². The van der Waals surface area contributed by atoms with E-state index in [4.69, 9.17) is 0 Å². The zero-order chi connectivity index (χ0) is 22.1. The highest BCUT2D eigenvalue weighted by Crippen LogP contribution is 2.37. The van der Waals surface area contributed by atoms with Crippen LogP contribution in [-0.4, -0.2) is 6.71 Å². The summed E-state index contributed by atoms with van der Waals surface area (Å²) >= 11 is 0. The third-order valence-electron chi connectivity index (χ3n) is 7.52. The summed E-state index contributed by atoms with van der Waals surface area (Å²) in [6.07, 6.45) is 0. The molecule has 1 aliphatic rings. The van der Waals surface area contributed by atoms with E-state index in [1.54, 1.807) is 0 Å². The van der Waals surface area contributed by atoms with Crippen molar-refractivity contribution in [2.24, 2.45) is 0 Å². The van der Waals surface area contributed by atoms with Crippen LogP contribution < -0.4 is 16.4 Å². The van der Waals surface area contributed by atoms with Crippen molar-refractivity contribution in [1.29, 1.82) is 0 Å². The van der Waals surface area contributed by atoms with Crippen LogP contribution in [0.4, 0.5) is 0 Å². The van der Waals surface area contributed by atoms with Gasteiger partial charge in [0.15, 0.2) is 0 Å². The average molecular weight is 410 g/mol. The van der Waals surface area contributed by atoms with Crippen LogP contribution in [0.3, 0.4) is 0 Å². The summed E-state index contributed by atoms with van der Waals surface area (Å²) in [6, 6.07) is 27.7. The molecule has 0 amide bonds. The molecule has 0 aromatic heterocycles. The van der Waals surface area contributed by atoms with Crippen LogP contribution in [0.1, 0.15) is 27.8 Å². The van der Waals surface area contributed by atoms with Crippen molar-refractivity contribution in [3.8, 4) is 11.1 Å². The summed E-state index contributed by atoms with van der Waals surface area (Å²) < 4.78 is 0. The Balaban J connectivity index is 1.81. The third kappa shape index (κ3) is 2.57. The van der Waals surface area contributed by atoms with Crippen LogP contribution in [0.15, 0.2) is 72.8 Å². The molecule has 32 heavy (non-hydrogen) atoms. The molecule has 0 saturated heterocycles. The van der Waals surface area contributed by atoms with E-state index in [1.807, 2.05) is 0 Å². The number of fused-ring (bicyclic) bond motifs is 7. The molecule has 0 bridgehead atoms. The first kappa shape index (κ1) is 19.4. The molecule has 0 radical (unpaired) electrons. The molecule has 0 saturated carbocycles. The second-order valence-corrected chi connectivity index (χ2v) is 9.65. The molecule has 5 aromatic rings. The van der Waals surface area contributed by atoms with Gasteiger partial charge in [-0.25, -0.2) is 0 Å². The maximum atomic E-state index is 2.40. The van der Waals surface area contributed by atoms with Gasteiger partial charge < -0.3 is 0 Å². The lowest BCUT2D eigenvalue weighted by Gasteiger charge is -2.18. The summed E-state index contributed by atoms with van der Waals surface area (Å²) in [5.74, 6) is 0. The van der Waals surface area contributed by atoms with Gasteiger partial charge in [0.1, 0.15) is 0 Å². The van der Waals surface area contributed by atoms with Crippen molar-refractivity contribution in [3.05, 3.63) is 101 Å². The van der Waals surface area contributed by atoms with Crippen LogP contribution >= 0.6 is 0 Å². The predicted molar refractivity (Wildman–Crippen MR) is 142 cm³/mol. The second-order valence-electron chi connectivity index (χ2n) is 9.65. The number of benzene rings is 5. The number of hydrogen-bond donors (Lipinski definition) is 0. The fourth-order valence-corrected chi connectivity index (χ4v) is 6.23. The van der Waals surface area contributed by atoms with Crippen LogP contribution in [0.25, 0.3) is 32.7 Å². The van der Waals surface area contributed by atoms with Gasteiger partial charge in [-0.2, -0.15) is 0 Å². The molecule has 0 fully saturated rings. The van der Waals surface area contributed by atoms with Gasteiger partial charge in [0.25, 0.3) is 0 Å². The minimum Gasteiger partial charge on any atom is -0.0657 e. The summed E-state index contributed by atoms with van der Waals surface area (Å²) in [7, 11) is 0. The number of rotatable bonds is 1. The van der Waals surface area contributed by atoms with E-state index in [0.717, 1.165) is 0 Å². The number of aryl methyl sites for hydroxylation is 5. The Bertz CT molecular complexity index is 1460. The van der Waals surface area contributed by atoms with Gasteiger partial charge in [-0.1, -0.05) is 106 Å². The predicted octanol–water partition coefficient (Wildman–Crippen LogP) is 6.03. The van der Waals surface area contributed by atoms with Crippen molar-refractivity contribution in [2.75, 3.05) is 0 Å². The molecule has 1 aliphatic heterocycles. The average Bonchev–Trinajstić information content (AvgIpc) is 3.09. The molecule has 5 aromatic carbocycles. The zero-order valence-corrected chi connectivity index (χ0v) is 19.5. The maximum Gasteiger partial charge on any atom is 0.243 e. The molecular formula is C31H27B. The lowest BCUT2D eigenvalue weighted by atomic mass is 9.37. The third-order valence-corrected chi connectivity index (χ3v) is 7.52. The lowest BCUT2D eigenvalue weighted by molar-refractivity contribution is 1.35. The topological polar surface area (TPSA) is 0 Å². The van der Waals surface area contributed by atoms with Crippen molar-refractivity contribution < 1.29 is 0 Å². The van der Waals surface area contributed by atoms with Gasteiger partial charge in [-0.15, -0.1) is 0 Å². The van der Waals surface area contributed by atoms with Gasteiger partial charge in [-0.05, 0) is 78.4 Å². The van der Waals surface area contributed by atoms with Gasteiger partial charge in [0.2, 0.25) is 6.71 Å². The molecule has 1 heteroatoms. The molecule has 0 atom stereocenters. The Hall–Kier alpha value is -3.32. The van der Waals surface area contributed by atoms with E-state index in [1.165, 1.54) is 76.9 Å². The Morgan fingerprint density at radius 2 is 0.938 bits per heavy atom. The van der Waals surface area contributed by atoms with Gasteiger partial charge in [0, 0.05) is 0 Å². The molecule has 0 nitrogen and oxygen atoms in total. The Morgan fingerprint density at radius 3 is 1.41 bits per heavy atom. The largest absolute Gasteiger partial charge is 0.243 e. The summed E-state index contributed by atoms with van der Waals surface area (Å²) in [4.78, 5) is 0. The van der Waals surface area contributed by atoms with Crippen molar-refractivity contribution in [3.63, 3.8) is 0 Å². The SMILES string of the molecule is Cc1cc(C)c(B2c3ccc4c(C)cccc4c3-c3c2ccc2c(C)cccc32)c(C)c1. The molecule has 6 rings (SSSR count). The smallest absolute Gasteiger partial charge is 0.0657 e. The normalized spacial score (nSPS) is 12.5. The second kappa shape index (κ2) is 6.84. The Labute approximate surface area is 191 Å². The highest BCUT2D eigenvalue weighted by atomic mass is 14.2. The summed E-state index contributed by atoms with van der Waals surface area (Å²) in [6.45, 7) is 11.5. The first-order valence-corrected chi connectivity index (χ1v) is 11.6. The fourth-order valence-electron chi connectivity index (χ4n) is 6.23. The number of hydrogen-bond acceptors (Lipinski definition) is 0. The van der Waals surface area contributed by atoms with Gasteiger partial charge in [0.05, 0.1) is 0 Å². The van der Waals surface area contributed by atoms with Gasteiger partial charge in [-0.3, -0.25) is 0 Å². The maximum absolute atomic E-state index is 2.40. The molecule has 0 aliphatic carbocycles. The molecule has 0 N–H and O–H groups in total. The van der Waals surface area contributed by atoms with E-state index in [2.05, 4.69) is 107 Å². The van der Waals surface area contributed by atoms with Crippen LogP contribution in [0, 0.1) is 34.6 Å². The standard InChI is InChI=1S/C31H27B/c1-18-16-21(4)31(22(5)17-18)32-27-14-12-23-19(2)8-6-10-25(23)29(27)30-26-11-7-9-20(3)24(26)13-15-28(30)32/h6-17H,1-5H3. The zero-order valence-electron chi connectivity index (χ0n) is 19.5. The first-order valence-electron chi connectivity index (χ1n) is 11.6. The minimum absolute atomic E-state index is 0.274. The molecule has 154 valence electrons. The highest BCUT2D eigenvalue weighted by molar-refractivity contribution is 7.00. The summed E-state index contributed by atoms with van der Waals surface area (Å²) in [5.41, 5.74) is 14.0. The van der Waals surface area contributed by atoms with Crippen LogP contribution in [0.5, 0.6) is 0 Å². The molecule has 1 heterocycles. The first-order chi connectivity index (χ1) is 15.5. The summed E-state index contributed by atoms with van der Waals surface area (Å²) in [5, 5.41) is 5.48. The molecular weight excluding hydrogens is 383 g/mol. The Morgan fingerprint density at radius 1 is 0.469 bits per heavy atom. The Kier molecular flexibility index (Phi) is 4.14. The van der Waals surface area contributed by atoms with Crippen molar-refractivity contribution >= 4 is 44.6 Å². The van der Waals surface area contributed by atoms with E-state index >= 15 is 0 Å². The molecule has 0 unspecified atom stereocenters. The van der Waals surface area contributed by atoms with Gasteiger partial charge >= 0.3 is 0 Å². The van der Waals surface area contributed by atoms with Crippen molar-refractivity contribution in [1.82, 2.24) is 0 Å². The van der Waals surface area contributed by atoms with Crippen LogP contribution in [0.2, 0.25) is 0 Å². The van der Waals surface area contributed by atoms with Crippen LogP contribution in [-0.2, 0) is 0 Å². The van der Waals surface area contributed by atoms with Crippen molar-refractivity contribution in [2.45, 2.75) is 34.6 Å². The lowest BCUT2D eigenvalue weighted by Crippen LogP contribution is -2.51. The highest BCUT2D eigenvalue weighted by Gasteiger charge is 2.37. The minimum atomic E-state index is 0.274. The molecule has 0 spiro atoms. The van der Waals surface area contributed by atoms with E-state index in [9.17, 15) is 0 Å². The van der Waals surface area contributed by atoms with E-state index in [0.29, 0.717) is 0 Å². The quantitative estimate of drug-likeness (QED) is 0.290. The van der Waals surface area contributed by atoms with E-state index in [-0.39, 0.29) is 6.71 Å².